The number of benzene rings is 2. The van der Waals surface area contributed by atoms with Crippen LogP contribution in [0.2, 0.25) is 0 Å². The number of aromatic nitrogens is 1. The van der Waals surface area contributed by atoms with Crippen LogP contribution < -0.4 is 21.7 Å². The molecule has 1 aromatic heterocycles. The first-order chi connectivity index (χ1) is 19.5. The van der Waals surface area contributed by atoms with E-state index in [1.165, 1.54) is 12.1 Å². The van der Waals surface area contributed by atoms with Gasteiger partial charge in [0.2, 0.25) is 17.7 Å². The van der Waals surface area contributed by atoms with Gasteiger partial charge in [0, 0.05) is 29.3 Å². The summed E-state index contributed by atoms with van der Waals surface area (Å²) in [7, 11) is 0. The van der Waals surface area contributed by atoms with Gasteiger partial charge in [-0.05, 0) is 41.7 Å². The molecule has 8 N–H and O–H groups in total. The molecule has 5 unspecified atom stereocenters. The molecule has 0 aliphatic heterocycles. The number of nitrogens with two attached hydrogens (primary N) is 1. The van der Waals surface area contributed by atoms with Crippen LogP contribution in [-0.4, -0.2) is 68.8 Å². The van der Waals surface area contributed by atoms with E-state index in [-0.39, 0.29) is 30.3 Å². The number of carbonyl (C=O) groups is 4. The molecule has 3 rings (SSSR count). The van der Waals surface area contributed by atoms with Gasteiger partial charge in [-0.3, -0.25) is 14.4 Å². The first kappa shape index (κ1) is 31.5. The van der Waals surface area contributed by atoms with Crippen LogP contribution in [-0.2, 0) is 32.0 Å². The summed E-state index contributed by atoms with van der Waals surface area (Å²) in [5, 5.41) is 27.9. The predicted molar refractivity (Wildman–Crippen MR) is 159 cm³/mol. The minimum atomic E-state index is -1.18. The van der Waals surface area contributed by atoms with Crippen molar-refractivity contribution in [3.63, 3.8) is 0 Å². The second-order valence-electron chi connectivity index (χ2n) is 10.1. The Morgan fingerprint density at radius 2 is 1.56 bits per heavy atom. The molecule has 0 saturated carbocycles. The van der Waals surface area contributed by atoms with Gasteiger partial charge in [0.1, 0.15) is 23.9 Å². The number of para-hydroxylation sites is 1. The van der Waals surface area contributed by atoms with Gasteiger partial charge in [0.15, 0.2) is 0 Å². The molecular weight excluding hydrogens is 546 g/mol. The topological polar surface area (TPSA) is 187 Å². The van der Waals surface area contributed by atoms with Crippen LogP contribution in [0.5, 0.6) is 5.75 Å². The summed E-state index contributed by atoms with van der Waals surface area (Å²) >= 11 is 4.18. The molecule has 5 atom stereocenters. The normalized spacial score (nSPS) is 14.8. The van der Waals surface area contributed by atoms with Gasteiger partial charge < -0.3 is 36.9 Å². The average Bonchev–Trinajstić information content (AvgIpc) is 3.36. The Morgan fingerprint density at radius 3 is 2.20 bits per heavy atom. The van der Waals surface area contributed by atoms with Crippen molar-refractivity contribution >= 4 is 47.2 Å². The van der Waals surface area contributed by atoms with E-state index in [1.807, 2.05) is 31.2 Å². The van der Waals surface area contributed by atoms with Gasteiger partial charge in [-0.25, -0.2) is 4.79 Å². The van der Waals surface area contributed by atoms with Crippen LogP contribution in [0, 0.1) is 5.92 Å². The minimum absolute atomic E-state index is 0.0423. The number of fused-ring (bicyclic) bond motifs is 1. The Balaban J connectivity index is 1.75. The van der Waals surface area contributed by atoms with Crippen molar-refractivity contribution in [2.24, 2.45) is 11.7 Å². The Morgan fingerprint density at radius 1 is 0.927 bits per heavy atom. The van der Waals surface area contributed by atoms with E-state index in [9.17, 15) is 29.4 Å². The molecule has 2 aromatic carbocycles. The third-order valence-electron chi connectivity index (χ3n) is 7.05. The third kappa shape index (κ3) is 8.48. The molecule has 11 nitrogen and oxygen atoms in total. The van der Waals surface area contributed by atoms with E-state index in [2.05, 4.69) is 33.6 Å². The second-order valence-corrected chi connectivity index (χ2v) is 10.4. The maximum atomic E-state index is 13.4. The van der Waals surface area contributed by atoms with E-state index in [0.717, 1.165) is 16.5 Å². The smallest absolute Gasteiger partial charge is 0.326 e. The minimum Gasteiger partial charge on any atom is -0.508 e. The number of carboxylic acids is 1. The Labute approximate surface area is 243 Å². The van der Waals surface area contributed by atoms with Crippen molar-refractivity contribution in [1.82, 2.24) is 20.9 Å². The number of H-pyrrole nitrogens is 1. The highest BCUT2D eigenvalue weighted by atomic mass is 32.1. The highest BCUT2D eigenvalue weighted by molar-refractivity contribution is 7.80. The summed E-state index contributed by atoms with van der Waals surface area (Å²) in [4.78, 5) is 54.3. The lowest BCUT2D eigenvalue weighted by Crippen LogP contribution is -2.58. The second kappa shape index (κ2) is 14.6. The summed E-state index contributed by atoms with van der Waals surface area (Å²) in [6.07, 6.45) is 2.58. The molecule has 0 fully saturated rings. The van der Waals surface area contributed by atoms with Gasteiger partial charge >= 0.3 is 5.97 Å². The number of aromatic amines is 1. The average molecular weight is 584 g/mol. The molecule has 12 heteroatoms. The number of phenols is 1. The fourth-order valence-electron chi connectivity index (χ4n) is 4.39. The number of rotatable bonds is 14. The maximum Gasteiger partial charge on any atom is 0.326 e. The number of aliphatic carboxylic acids is 1. The van der Waals surface area contributed by atoms with Crippen molar-refractivity contribution in [2.75, 3.05) is 5.75 Å². The van der Waals surface area contributed by atoms with E-state index in [0.29, 0.717) is 12.0 Å². The summed E-state index contributed by atoms with van der Waals surface area (Å²) in [6, 6.07) is 9.37. The van der Waals surface area contributed by atoms with Gasteiger partial charge in [0.05, 0.1) is 6.04 Å². The summed E-state index contributed by atoms with van der Waals surface area (Å²) in [6.45, 7) is 3.51. The van der Waals surface area contributed by atoms with Gasteiger partial charge in [-0.1, -0.05) is 50.6 Å². The number of hydrogen-bond donors (Lipinski definition) is 8. The zero-order chi connectivity index (χ0) is 30.1. The molecule has 0 aliphatic carbocycles. The largest absolute Gasteiger partial charge is 0.508 e. The molecule has 0 radical (unpaired) electrons. The van der Waals surface area contributed by atoms with Crippen LogP contribution in [0.4, 0.5) is 0 Å². The molecule has 0 spiro atoms. The SMILES string of the molecule is CCC(C)C(NC(=O)C(CS)NC(=O)C(Cc1ccc(O)cc1)NC(=O)C(N)Cc1c[nH]c2ccccc12)C(=O)O. The lowest BCUT2D eigenvalue weighted by Gasteiger charge is -2.26. The number of carbonyl (C=O) groups excluding carboxylic acids is 3. The number of nitrogens with one attached hydrogen (secondary N) is 4. The highest BCUT2D eigenvalue weighted by Gasteiger charge is 2.31. The fourth-order valence-corrected chi connectivity index (χ4v) is 4.65. The number of hydrogen-bond acceptors (Lipinski definition) is 7. The van der Waals surface area contributed by atoms with Crippen LogP contribution in [0.15, 0.2) is 54.7 Å². The van der Waals surface area contributed by atoms with Gasteiger partial charge in [0.25, 0.3) is 0 Å². The zero-order valence-corrected chi connectivity index (χ0v) is 23.9. The van der Waals surface area contributed by atoms with Crippen molar-refractivity contribution in [3.05, 3.63) is 65.9 Å². The third-order valence-corrected chi connectivity index (χ3v) is 7.42. The lowest BCUT2D eigenvalue weighted by atomic mass is 9.99. The first-order valence-electron chi connectivity index (χ1n) is 13.4. The van der Waals surface area contributed by atoms with Crippen molar-refractivity contribution in [1.29, 1.82) is 0 Å². The summed E-state index contributed by atoms with van der Waals surface area (Å²) in [5.41, 5.74) is 8.64. The highest BCUT2D eigenvalue weighted by Crippen LogP contribution is 2.19. The monoisotopic (exact) mass is 583 g/mol. The standard InChI is InChI=1S/C29H37N5O6S/c1-3-16(2)25(29(39)40)34-28(38)24(15-41)33-27(37)23(12-17-8-10-19(35)11-9-17)32-26(36)21(30)13-18-14-31-22-7-5-4-6-20(18)22/h4-11,14,16,21,23-25,31,35,41H,3,12-13,15,30H2,1-2H3,(H,32,36)(H,33,37)(H,34,38)(H,39,40). The molecule has 0 saturated heterocycles. The molecule has 220 valence electrons. The summed E-state index contributed by atoms with van der Waals surface area (Å²) < 4.78 is 0. The van der Waals surface area contributed by atoms with Gasteiger partial charge in [-0.2, -0.15) is 12.6 Å². The number of phenolic OH excluding ortho intramolecular Hbond substituents is 1. The predicted octanol–water partition coefficient (Wildman–Crippen LogP) is 1.50. The number of aromatic hydroxyl groups is 1. The molecular formula is C29H37N5O6S. The molecule has 0 aliphatic rings. The molecule has 41 heavy (non-hydrogen) atoms. The molecule has 0 bridgehead atoms. The van der Waals surface area contributed by atoms with Crippen LogP contribution in [0.1, 0.15) is 31.4 Å². The van der Waals surface area contributed by atoms with Crippen molar-refractivity contribution in [3.8, 4) is 5.75 Å². The van der Waals surface area contributed by atoms with E-state index < -0.39 is 47.9 Å². The quantitative estimate of drug-likeness (QED) is 0.132. The van der Waals surface area contributed by atoms with Crippen molar-refractivity contribution < 1.29 is 29.4 Å². The zero-order valence-electron chi connectivity index (χ0n) is 23.0. The van der Waals surface area contributed by atoms with E-state index in [1.54, 1.807) is 25.3 Å². The fraction of sp³-hybridized carbons (Fsp3) is 0.379. The number of carboxylic acid groups (broad SMARTS) is 1. The van der Waals surface area contributed by atoms with E-state index in [4.69, 9.17) is 5.73 Å². The molecule has 3 amide bonds. The van der Waals surface area contributed by atoms with Crippen LogP contribution in [0.25, 0.3) is 10.9 Å². The first-order valence-corrected chi connectivity index (χ1v) is 14.0. The Kier molecular flexibility index (Phi) is 11.2. The maximum absolute atomic E-state index is 13.4. The van der Waals surface area contributed by atoms with E-state index >= 15 is 0 Å². The molecule has 1 heterocycles. The van der Waals surface area contributed by atoms with Crippen LogP contribution >= 0.6 is 12.6 Å². The molecule has 3 aromatic rings. The van der Waals surface area contributed by atoms with Crippen molar-refractivity contribution in [2.45, 2.75) is 57.3 Å². The van der Waals surface area contributed by atoms with Gasteiger partial charge in [-0.15, -0.1) is 0 Å². The summed E-state index contributed by atoms with van der Waals surface area (Å²) in [5.74, 6) is -3.53. The number of amides is 3. The Hall–Kier alpha value is -4.03. The van der Waals surface area contributed by atoms with Crippen LogP contribution in [0.3, 0.4) is 0 Å². The number of thiol groups is 1. The lowest BCUT2D eigenvalue weighted by molar-refractivity contribution is -0.143. The Bertz CT molecular complexity index is 1360.